The summed E-state index contributed by atoms with van der Waals surface area (Å²) in [7, 11) is -3.13. The van der Waals surface area contributed by atoms with E-state index in [0.29, 0.717) is 23.5 Å². The lowest BCUT2D eigenvalue weighted by Crippen LogP contribution is -2.74. The molecule has 0 radical (unpaired) electrons. The summed E-state index contributed by atoms with van der Waals surface area (Å²) < 4.78 is 22.5. The fourth-order valence-corrected chi connectivity index (χ4v) is 6.91. The van der Waals surface area contributed by atoms with Crippen LogP contribution in [-0.4, -0.2) is 27.9 Å². The van der Waals surface area contributed by atoms with Crippen molar-refractivity contribution in [1.82, 2.24) is 0 Å². The molecule has 9 heteroatoms. The number of halogens is 1. The quantitative estimate of drug-likeness (QED) is 0.362. The van der Waals surface area contributed by atoms with Gasteiger partial charge in [-0.1, -0.05) is 32.4 Å². The maximum absolute atomic E-state index is 11.5. The summed E-state index contributed by atoms with van der Waals surface area (Å²) in [4.78, 5) is 30.5. The highest BCUT2D eigenvalue weighted by atomic mass is 35.5. The lowest BCUT2D eigenvalue weighted by atomic mass is 9.54. The smallest absolute Gasteiger partial charge is 0.404 e. The Bertz CT molecular complexity index is 839. The Balaban J connectivity index is 1.80. The molecule has 1 aromatic carbocycles. The summed E-state index contributed by atoms with van der Waals surface area (Å²) >= 11 is 6.59. The molecule has 2 aliphatic carbocycles. The SMILES string of the molecule is CCc1ccc(C2(OC)OOC23C(CC)CC2CC(Cl)CC3C2)cc1OP(=O)(O)O. The van der Waals surface area contributed by atoms with E-state index >= 15 is 0 Å². The molecular formula is C21H30ClO7P. The molecule has 7 nitrogen and oxygen atoms in total. The highest BCUT2D eigenvalue weighted by molar-refractivity contribution is 7.46. The van der Waals surface area contributed by atoms with Gasteiger partial charge in [0, 0.05) is 18.1 Å². The van der Waals surface area contributed by atoms with Crippen molar-refractivity contribution in [3.8, 4) is 5.75 Å². The van der Waals surface area contributed by atoms with Crippen LogP contribution in [0.2, 0.25) is 0 Å². The first-order valence-electron chi connectivity index (χ1n) is 10.6. The first kappa shape index (κ1) is 22.5. The van der Waals surface area contributed by atoms with Crippen LogP contribution in [0.1, 0.15) is 57.1 Å². The second kappa shape index (κ2) is 8.04. The van der Waals surface area contributed by atoms with Crippen LogP contribution in [0.3, 0.4) is 0 Å². The molecule has 1 spiro atoms. The van der Waals surface area contributed by atoms with Crippen LogP contribution < -0.4 is 4.52 Å². The molecule has 1 aromatic rings. The Morgan fingerprint density at radius 1 is 1.20 bits per heavy atom. The van der Waals surface area contributed by atoms with Gasteiger partial charge in [-0.05, 0) is 61.5 Å². The Hall–Kier alpha value is -0.660. The monoisotopic (exact) mass is 460 g/mol. The molecule has 168 valence electrons. The van der Waals surface area contributed by atoms with E-state index < -0.39 is 19.2 Å². The number of phosphoric ester groups is 1. The van der Waals surface area contributed by atoms with E-state index in [1.54, 1.807) is 19.2 Å². The summed E-state index contributed by atoms with van der Waals surface area (Å²) in [5, 5.41) is 0.0956. The molecule has 1 heterocycles. The van der Waals surface area contributed by atoms with Crippen molar-refractivity contribution in [1.29, 1.82) is 0 Å². The molecule has 2 saturated carbocycles. The molecule has 1 aliphatic heterocycles. The summed E-state index contributed by atoms with van der Waals surface area (Å²) in [5.41, 5.74) is 0.621. The average molecular weight is 461 g/mol. The number of hydrogen-bond donors (Lipinski definition) is 2. The van der Waals surface area contributed by atoms with E-state index in [1.807, 2.05) is 13.0 Å². The summed E-state index contributed by atoms with van der Waals surface area (Å²) in [6, 6.07) is 5.29. The first-order valence-corrected chi connectivity index (χ1v) is 12.6. The number of phosphoric acid groups is 1. The third kappa shape index (κ3) is 3.43. The molecule has 6 unspecified atom stereocenters. The maximum atomic E-state index is 11.5. The fraction of sp³-hybridized carbons (Fsp3) is 0.714. The van der Waals surface area contributed by atoms with Gasteiger partial charge < -0.3 is 9.26 Å². The van der Waals surface area contributed by atoms with Crippen LogP contribution in [-0.2, 0) is 31.3 Å². The van der Waals surface area contributed by atoms with Gasteiger partial charge in [-0.3, -0.25) is 9.79 Å². The molecule has 3 aliphatic rings. The maximum Gasteiger partial charge on any atom is 0.524 e. The lowest BCUT2D eigenvalue weighted by Gasteiger charge is -2.65. The molecule has 1 saturated heterocycles. The van der Waals surface area contributed by atoms with Gasteiger partial charge in [-0.15, -0.1) is 11.6 Å². The van der Waals surface area contributed by atoms with Crippen molar-refractivity contribution >= 4 is 19.4 Å². The van der Waals surface area contributed by atoms with Crippen molar-refractivity contribution in [2.45, 2.75) is 69.1 Å². The van der Waals surface area contributed by atoms with Gasteiger partial charge in [0.2, 0.25) is 0 Å². The minimum Gasteiger partial charge on any atom is -0.404 e. The third-order valence-electron chi connectivity index (χ3n) is 7.21. The summed E-state index contributed by atoms with van der Waals surface area (Å²) in [5.74, 6) is -0.0989. The van der Waals surface area contributed by atoms with Crippen LogP contribution in [0.4, 0.5) is 0 Å². The number of hydrogen-bond acceptors (Lipinski definition) is 5. The van der Waals surface area contributed by atoms with Crippen LogP contribution in [0, 0.1) is 17.8 Å². The normalized spacial score (nSPS) is 38.3. The molecule has 0 amide bonds. The van der Waals surface area contributed by atoms with Crippen LogP contribution in [0.15, 0.2) is 18.2 Å². The van der Waals surface area contributed by atoms with Gasteiger partial charge in [0.05, 0.1) is 0 Å². The van der Waals surface area contributed by atoms with Crippen LogP contribution in [0.5, 0.6) is 5.75 Å². The van der Waals surface area contributed by atoms with E-state index in [2.05, 4.69) is 6.92 Å². The zero-order chi connectivity index (χ0) is 21.7. The van der Waals surface area contributed by atoms with Gasteiger partial charge in [0.15, 0.2) is 5.60 Å². The molecule has 2 bridgehead atoms. The van der Waals surface area contributed by atoms with Crippen molar-refractivity contribution in [2.24, 2.45) is 17.8 Å². The Labute approximate surface area is 182 Å². The van der Waals surface area contributed by atoms with E-state index in [4.69, 9.17) is 30.6 Å². The standard InChI is InChI=1S/C21H30ClO7P/c1-4-14-6-7-16(12-19(14)27-30(23,24)25)21(26-3)20(28-29-21)15(5-2)8-13-9-17(20)11-18(22)10-13/h6-7,12-13,15,17-18H,4-5,8-11H2,1-3H3,(H2,23,24,25). The molecule has 0 aromatic heterocycles. The highest BCUT2D eigenvalue weighted by Gasteiger charge is 2.74. The van der Waals surface area contributed by atoms with Crippen molar-refractivity contribution in [3.05, 3.63) is 29.3 Å². The van der Waals surface area contributed by atoms with Gasteiger partial charge in [0.25, 0.3) is 5.79 Å². The summed E-state index contributed by atoms with van der Waals surface area (Å²) in [6.07, 6.45) is 5.32. The predicted octanol–water partition coefficient (Wildman–Crippen LogP) is 4.67. The van der Waals surface area contributed by atoms with Crippen LogP contribution >= 0.6 is 19.4 Å². The molecule has 30 heavy (non-hydrogen) atoms. The minimum absolute atomic E-state index is 0.0956. The number of rotatable bonds is 6. The van der Waals surface area contributed by atoms with Gasteiger partial charge >= 0.3 is 7.82 Å². The number of alkyl halides is 1. The fourth-order valence-electron chi connectivity index (χ4n) is 6.02. The van der Waals surface area contributed by atoms with Gasteiger partial charge in [-0.25, -0.2) is 9.45 Å². The van der Waals surface area contributed by atoms with Crippen molar-refractivity contribution < 1.29 is 33.4 Å². The zero-order valence-corrected chi connectivity index (χ0v) is 19.2. The Kier molecular flexibility index (Phi) is 6.04. The Morgan fingerprint density at radius 3 is 2.53 bits per heavy atom. The van der Waals surface area contributed by atoms with Crippen molar-refractivity contribution in [2.75, 3.05) is 7.11 Å². The lowest BCUT2D eigenvalue weighted by molar-refractivity contribution is -0.641. The molecule has 2 N–H and O–H groups in total. The highest BCUT2D eigenvalue weighted by Crippen LogP contribution is 2.65. The largest absolute Gasteiger partial charge is 0.524 e. The minimum atomic E-state index is -4.71. The molecule has 4 rings (SSSR count). The molecule has 3 fully saturated rings. The average Bonchev–Trinajstić information content (AvgIpc) is 2.66. The number of aryl methyl sites for hydroxylation is 1. The number of methoxy groups -OCH3 is 1. The van der Waals surface area contributed by atoms with E-state index in [9.17, 15) is 14.4 Å². The number of benzene rings is 1. The van der Waals surface area contributed by atoms with Gasteiger partial charge in [-0.2, -0.15) is 4.89 Å². The second-order valence-electron chi connectivity index (χ2n) is 8.75. The number of fused-ring (bicyclic) bond motifs is 3. The van der Waals surface area contributed by atoms with Gasteiger partial charge in [0.1, 0.15) is 5.75 Å². The number of ether oxygens (including phenoxy) is 1. The Morgan fingerprint density at radius 2 is 1.97 bits per heavy atom. The molecule has 6 atom stereocenters. The third-order valence-corrected chi connectivity index (χ3v) is 8.01. The first-order chi connectivity index (χ1) is 14.2. The molecular weight excluding hydrogens is 431 g/mol. The van der Waals surface area contributed by atoms with E-state index in [1.165, 1.54) is 0 Å². The van der Waals surface area contributed by atoms with Crippen molar-refractivity contribution in [3.63, 3.8) is 0 Å². The topological polar surface area (TPSA) is 94.5 Å². The summed E-state index contributed by atoms with van der Waals surface area (Å²) in [6.45, 7) is 4.05. The predicted molar refractivity (Wildman–Crippen MR) is 111 cm³/mol. The van der Waals surface area contributed by atoms with Crippen LogP contribution in [0.25, 0.3) is 0 Å². The second-order valence-corrected chi connectivity index (χ2v) is 10.5. The van der Waals surface area contributed by atoms with E-state index in [0.717, 1.165) is 32.1 Å². The van der Waals surface area contributed by atoms with E-state index in [-0.39, 0.29) is 23.0 Å². The zero-order valence-electron chi connectivity index (χ0n) is 17.5.